The minimum absolute atomic E-state index is 0.119. The number of methoxy groups -OCH3 is 1. The van der Waals surface area contributed by atoms with E-state index in [1.165, 1.54) is 25.3 Å². The Hall–Kier alpha value is -2.31. The monoisotopic (exact) mass is 338 g/mol. The Balaban J connectivity index is 1.96. The molecule has 7 heteroatoms. The Morgan fingerprint density at radius 3 is 2.74 bits per heavy atom. The molecule has 2 aromatic carbocycles. The smallest absolute Gasteiger partial charge is 0.319 e. The van der Waals surface area contributed by atoms with E-state index in [0.717, 1.165) is 0 Å². The second-order valence-electron chi connectivity index (χ2n) is 4.69. The molecule has 0 saturated heterocycles. The van der Waals surface area contributed by atoms with Crippen LogP contribution in [0.15, 0.2) is 42.5 Å². The number of anilines is 1. The zero-order chi connectivity index (χ0) is 16.8. The van der Waals surface area contributed by atoms with Gasteiger partial charge in [0, 0.05) is 12.1 Å². The summed E-state index contributed by atoms with van der Waals surface area (Å²) in [4.78, 5) is 11.9. The Bertz CT molecular complexity index is 697. The number of carbonyl (C=O) groups is 1. The molecule has 0 heterocycles. The van der Waals surface area contributed by atoms with Gasteiger partial charge in [-0.15, -0.1) is 0 Å². The number of rotatable bonds is 5. The molecule has 0 aliphatic rings. The summed E-state index contributed by atoms with van der Waals surface area (Å²) >= 11 is 5.96. The highest BCUT2D eigenvalue weighted by Gasteiger charge is 2.14. The molecule has 0 radical (unpaired) electrons. The number of nitrogens with one attached hydrogen (secondary N) is 2. The summed E-state index contributed by atoms with van der Waals surface area (Å²) in [6, 6.07) is 10.2. The maximum absolute atomic E-state index is 13.5. The maximum atomic E-state index is 13.5. The standard InChI is InChI=1S/C16H16ClFN2O3/c1-23-15-11(17)6-4-8-13(15)20-16(22)19-9-14(21)10-5-2-3-7-12(10)18/h2-8,14,21H,9H2,1H3,(H2,19,20,22). The summed E-state index contributed by atoms with van der Waals surface area (Å²) in [5, 5.41) is 15.3. The van der Waals surface area contributed by atoms with Crippen molar-refractivity contribution in [2.24, 2.45) is 0 Å². The molecule has 2 rings (SSSR count). The van der Waals surface area contributed by atoms with Gasteiger partial charge in [-0.1, -0.05) is 35.9 Å². The van der Waals surface area contributed by atoms with Gasteiger partial charge < -0.3 is 20.5 Å². The average molecular weight is 339 g/mol. The molecule has 0 bridgehead atoms. The molecular formula is C16H16ClFN2O3. The van der Waals surface area contributed by atoms with Crippen LogP contribution in [-0.2, 0) is 0 Å². The van der Waals surface area contributed by atoms with E-state index in [2.05, 4.69) is 10.6 Å². The molecule has 1 atom stereocenters. The molecule has 0 aromatic heterocycles. The number of benzene rings is 2. The highest BCUT2D eigenvalue weighted by Crippen LogP contribution is 2.32. The molecule has 5 nitrogen and oxygen atoms in total. The Morgan fingerprint density at radius 1 is 1.30 bits per heavy atom. The van der Waals surface area contributed by atoms with Gasteiger partial charge >= 0.3 is 6.03 Å². The summed E-state index contributed by atoms with van der Waals surface area (Å²) in [6.45, 7) is -0.143. The van der Waals surface area contributed by atoms with Gasteiger partial charge in [0.1, 0.15) is 5.82 Å². The molecule has 0 spiro atoms. The Kier molecular flexibility index (Phi) is 5.78. The van der Waals surface area contributed by atoms with Crippen LogP contribution in [0.2, 0.25) is 5.02 Å². The number of carbonyl (C=O) groups excluding carboxylic acids is 1. The predicted octanol–water partition coefficient (Wildman–Crippen LogP) is 3.34. The van der Waals surface area contributed by atoms with Crippen molar-refractivity contribution < 1.29 is 19.0 Å². The first-order valence-corrected chi connectivity index (χ1v) is 7.20. The van der Waals surface area contributed by atoms with E-state index < -0.39 is 18.0 Å². The number of para-hydroxylation sites is 1. The van der Waals surface area contributed by atoms with Crippen LogP contribution < -0.4 is 15.4 Å². The third kappa shape index (κ3) is 4.34. The highest BCUT2D eigenvalue weighted by molar-refractivity contribution is 6.32. The predicted molar refractivity (Wildman–Crippen MR) is 86.4 cm³/mol. The third-order valence-corrected chi connectivity index (χ3v) is 3.44. The molecule has 2 amide bonds. The van der Waals surface area contributed by atoms with Crippen LogP contribution in [-0.4, -0.2) is 24.8 Å². The number of aliphatic hydroxyl groups excluding tert-OH is 1. The fraction of sp³-hybridized carbons (Fsp3) is 0.188. The van der Waals surface area contributed by atoms with Gasteiger partial charge in [0.25, 0.3) is 0 Å². The summed E-state index contributed by atoms with van der Waals surface area (Å²) in [6.07, 6.45) is -1.15. The number of aliphatic hydroxyl groups is 1. The van der Waals surface area contributed by atoms with E-state index in [1.54, 1.807) is 24.3 Å². The Morgan fingerprint density at radius 2 is 2.04 bits per heavy atom. The van der Waals surface area contributed by atoms with E-state index in [-0.39, 0.29) is 12.1 Å². The first-order chi connectivity index (χ1) is 11.0. The van der Waals surface area contributed by atoms with Crippen molar-refractivity contribution in [3.8, 4) is 5.75 Å². The summed E-state index contributed by atoms with van der Waals surface area (Å²) in [7, 11) is 1.44. The number of ether oxygens (including phenoxy) is 1. The van der Waals surface area contributed by atoms with Crippen molar-refractivity contribution in [1.29, 1.82) is 0 Å². The molecule has 0 saturated carbocycles. The van der Waals surface area contributed by atoms with Crippen LogP contribution >= 0.6 is 11.6 Å². The molecule has 122 valence electrons. The lowest BCUT2D eigenvalue weighted by molar-refractivity contribution is 0.170. The molecule has 0 aliphatic carbocycles. The van der Waals surface area contributed by atoms with Crippen LogP contribution in [0.3, 0.4) is 0 Å². The molecule has 23 heavy (non-hydrogen) atoms. The van der Waals surface area contributed by atoms with Gasteiger partial charge in [-0.3, -0.25) is 0 Å². The molecule has 1 unspecified atom stereocenters. The van der Waals surface area contributed by atoms with Crippen molar-refractivity contribution in [1.82, 2.24) is 5.32 Å². The second-order valence-corrected chi connectivity index (χ2v) is 5.10. The largest absolute Gasteiger partial charge is 0.493 e. The van der Waals surface area contributed by atoms with Gasteiger partial charge in [0.05, 0.1) is 23.9 Å². The SMILES string of the molecule is COc1c(Cl)cccc1NC(=O)NCC(O)c1ccccc1F. The third-order valence-electron chi connectivity index (χ3n) is 3.14. The molecular weight excluding hydrogens is 323 g/mol. The number of halogens is 2. The summed E-state index contributed by atoms with van der Waals surface area (Å²) in [5.74, 6) is -0.197. The number of urea groups is 1. The van der Waals surface area contributed by atoms with Gasteiger partial charge in [0.15, 0.2) is 5.75 Å². The zero-order valence-corrected chi connectivity index (χ0v) is 13.1. The summed E-state index contributed by atoms with van der Waals surface area (Å²) < 4.78 is 18.6. The van der Waals surface area contributed by atoms with Crippen molar-refractivity contribution in [2.45, 2.75) is 6.10 Å². The van der Waals surface area contributed by atoms with Crippen molar-refractivity contribution in [2.75, 3.05) is 19.0 Å². The van der Waals surface area contributed by atoms with Gasteiger partial charge in [-0.25, -0.2) is 9.18 Å². The fourth-order valence-electron chi connectivity index (χ4n) is 2.03. The van der Waals surface area contributed by atoms with Gasteiger partial charge in [0.2, 0.25) is 0 Å². The van der Waals surface area contributed by atoms with Crippen molar-refractivity contribution in [3.63, 3.8) is 0 Å². The molecule has 2 aromatic rings. The lowest BCUT2D eigenvalue weighted by Crippen LogP contribution is -2.32. The first-order valence-electron chi connectivity index (χ1n) is 6.82. The van der Waals surface area contributed by atoms with Crippen LogP contribution in [0, 0.1) is 5.82 Å². The lowest BCUT2D eigenvalue weighted by atomic mass is 10.1. The van der Waals surface area contributed by atoms with Crippen molar-refractivity contribution in [3.05, 3.63) is 58.9 Å². The fourth-order valence-corrected chi connectivity index (χ4v) is 2.28. The first kappa shape index (κ1) is 17.1. The van der Waals surface area contributed by atoms with E-state index in [1.807, 2.05) is 0 Å². The topological polar surface area (TPSA) is 70.6 Å². The average Bonchev–Trinajstić information content (AvgIpc) is 2.53. The summed E-state index contributed by atoms with van der Waals surface area (Å²) in [5.41, 5.74) is 0.506. The normalized spacial score (nSPS) is 11.7. The zero-order valence-electron chi connectivity index (χ0n) is 12.3. The maximum Gasteiger partial charge on any atom is 0.319 e. The van der Waals surface area contributed by atoms with Crippen LogP contribution in [0.1, 0.15) is 11.7 Å². The highest BCUT2D eigenvalue weighted by atomic mass is 35.5. The number of hydrogen-bond donors (Lipinski definition) is 3. The van der Waals surface area contributed by atoms with E-state index in [0.29, 0.717) is 16.5 Å². The van der Waals surface area contributed by atoms with E-state index >= 15 is 0 Å². The second kappa shape index (κ2) is 7.80. The van der Waals surface area contributed by atoms with E-state index in [4.69, 9.17) is 16.3 Å². The molecule has 0 fully saturated rings. The van der Waals surface area contributed by atoms with Crippen LogP contribution in [0.4, 0.5) is 14.9 Å². The van der Waals surface area contributed by atoms with Crippen molar-refractivity contribution >= 4 is 23.3 Å². The number of hydrogen-bond acceptors (Lipinski definition) is 3. The Labute approximate surface area is 138 Å². The quantitative estimate of drug-likeness (QED) is 0.783. The minimum atomic E-state index is -1.15. The minimum Gasteiger partial charge on any atom is -0.493 e. The lowest BCUT2D eigenvalue weighted by Gasteiger charge is -2.15. The number of amides is 2. The van der Waals surface area contributed by atoms with Gasteiger partial charge in [-0.05, 0) is 18.2 Å². The molecule has 3 N–H and O–H groups in total. The van der Waals surface area contributed by atoms with Crippen LogP contribution in [0.25, 0.3) is 0 Å². The van der Waals surface area contributed by atoms with E-state index in [9.17, 15) is 14.3 Å². The van der Waals surface area contributed by atoms with Crippen LogP contribution in [0.5, 0.6) is 5.75 Å². The van der Waals surface area contributed by atoms with Gasteiger partial charge in [-0.2, -0.15) is 0 Å². The molecule has 0 aliphatic heterocycles.